The van der Waals surface area contributed by atoms with Crippen LogP contribution in [0.25, 0.3) is 44.9 Å². The molecule has 0 aliphatic carbocycles. The zero-order valence-corrected chi connectivity index (χ0v) is 20.0. The molecule has 0 saturated heterocycles. The summed E-state index contributed by atoms with van der Waals surface area (Å²) in [5, 5.41) is 14.5. The number of aryl methyl sites for hydroxylation is 1. The molecule has 1 aromatic carbocycles. The predicted molar refractivity (Wildman–Crippen MR) is 135 cm³/mol. The summed E-state index contributed by atoms with van der Waals surface area (Å²) in [5.74, 6) is 0. The SMILES string of the molecule is Cc1cccc(-c2nnn(Cc3ccccc3)c2-c2ccc3ncc(-c4c[nH]nc4C(F)(F)F)cc3n2)n1. The second kappa shape index (κ2) is 9.18. The second-order valence-electron chi connectivity index (χ2n) is 8.70. The highest BCUT2D eigenvalue weighted by Crippen LogP contribution is 2.36. The zero-order chi connectivity index (χ0) is 26.3. The van der Waals surface area contributed by atoms with E-state index in [-0.39, 0.29) is 11.1 Å². The van der Waals surface area contributed by atoms with Crippen LogP contribution in [0, 0.1) is 6.92 Å². The molecule has 6 aromatic rings. The highest BCUT2D eigenvalue weighted by molar-refractivity contribution is 5.84. The van der Waals surface area contributed by atoms with Gasteiger partial charge in [-0.15, -0.1) is 5.10 Å². The highest BCUT2D eigenvalue weighted by Gasteiger charge is 2.36. The third-order valence-electron chi connectivity index (χ3n) is 6.04. The molecule has 188 valence electrons. The minimum absolute atomic E-state index is 0.0976. The molecule has 0 aliphatic rings. The van der Waals surface area contributed by atoms with Crippen LogP contribution >= 0.6 is 0 Å². The Kier molecular flexibility index (Phi) is 5.67. The van der Waals surface area contributed by atoms with E-state index in [0.717, 1.165) is 11.3 Å². The summed E-state index contributed by atoms with van der Waals surface area (Å²) in [4.78, 5) is 13.8. The third kappa shape index (κ3) is 4.38. The number of pyridine rings is 3. The van der Waals surface area contributed by atoms with Gasteiger partial charge in [-0.25, -0.2) is 9.67 Å². The van der Waals surface area contributed by atoms with Gasteiger partial charge in [-0.2, -0.15) is 18.3 Å². The molecule has 0 spiro atoms. The molecule has 5 aromatic heterocycles. The van der Waals surface area contributed by atoms with Gasteiger partial charge in [-0.05, 0) is 42.8 Å². The maximum Gasteiger partial charge on any atom is 0.435 e. The van der Waals surface area contributed by atoms with Crippen molar-refractivity contribution >= 4 is 11.0 Å². The molecule has 0 unspecified atom stereocenters. The zero-order valence-electron chi connectivity index (χ0n) is 20.0. The van der Waals surface area contributed by atoms with Crippen molar-refractivity contribution in [2.75, 3.05) is 0 Å². The number of halogens is 3. The first-order valence-electron chi connectivity index (χ1n) is 11.7. The summed E-state index contributed by atoms with van der Waals surface area (Å²) in [6.07, 6.45) is -2.02. The number of hydrogen-bond donors (Lipinski definition) is 1. The Morgan fingerprint density at radius 1 is 0.895 bits per heavy atom. The van der Waals surface area contributed by atoms with E-state index in [4.69, 9.17) is 4.98 Å². The summed E-state index contributed by atoms with van der Waals surface area (Å²) in [7, 11) is 0. The first-order chi connectivity index (χ1) is 18.4. The molecule has 0 fully saturated rings. The van der Waals surface area contributed by atoms with E-state index in [9.17, 15) is 13.2 Å². The second-order valence-corrected chi connectivity index (χ2v) is 8.70. The first-order valence-corrected chi connectivity index (χ1v) is 11.7. The van der Waals surface area contributed by atoms with Crippen LogP contribution in [-0.4, -0.2) is 40.1 Å². The third-order valence-corrected chi connectivity index (χ3v) is 6.04. The fourth-order valence-corrected chi connectivity index (χ4v) is 4.29. The number of aromatic amines is 1. The molecule has 38 heavy (non-hydrogen) atoms. The molecule has 0 bridgehead atoms. The van der Waals surface area contributed by atoms with Crippen LogP contribution < -0.4 is 0 Å². The van der Waals surface area contributed by atoms with Gasteiger partial charge in [0.25, 0.3) is 0 Å². The molecule has 0 aliphatic heterocycles. The minimum atomic E-state index is -4.61. The van der Waals surface area contributed by atoms with Gasteiger partial charge in [-0.1, -0.05) is 41.6 Å². The van der Waals surface area contributed by atoms with Crippen molar-refractivity contribution < 1.29 is 13.2 Å². The van der Waals surface area contributed by atoms with E-state index < -0.39 is 11.9 Å². The van der Waals surface area contributed by atoms with Crippen LogP contribution in [0.5, 0.6) is 0 Å². The van der Waals surface area contributed by atoms with Crippen LogP contribution in [-0.2, 0) is 12.7 Å². The lowest BCUT2D eigenvalue weighted by Gasteiger charge is -2.10. The normalized spacial score (nSPS) is 11.8. The lowest BCUT2D eigenvalue weighted by Crippen LogP contribution is -2.07. The number of fused-ring (bicyclic) bond motifs is 1. The van der Waals surface area contributed by atoms with Crippen molar-refractivity contribution in [1.29, 1.82) is 0 Å². The van der Waals surface area contributed by atoms with E-state index in [2.05, 4.69) is 30.5 Å². The van der Waals surface area contributed by atoms with Crippen molar-refractivity contribution in [2.24, 2.45) is 0 Å². The summed E-state index contributed by atoms with van der Waals surface area (Å²) in [5.41, 5.74) is 4.32. The smallest absolute Gasteiger partial charge is 0.284 e. The number of benzene rings is 1. The number of nitrogens with zero attached hydrogens (tertiary/aromatic N) is 7. The predicted octanol–water partition coefficient (Wildman–Crippen LogP) is 5.72. The monoisotopic (exact) mass is 512 g/mol. The van der Waals surface area contributed by atoms with Crippen LogP contribution in [0.2, 0.25) is 0 Å². The van der Waals surface area contributed by atoms with E-state index in [1.54, 1.807) is 22.9 Å². The Labute approximate surface area is 214 Å². The van der Waals surface area contributed by atoms with E-state index in [1.807, 2.05) is 55.5 Å². The Balaban J connectivity index is 1.50. The van der Waals surface area contributed by atoms with Gasteiger partial charge < -0.3 is 0 Å². The average molecular weight is 512 g/mol. The Morgan fingerprint density at radius 2 is 1.74 bits per heavy atom. The van der Waals surface area contributed by atoms with Gasteiger partial charge >= 0.3 is 6.18 Å². The molecular weight excluding hydrogens is 493 g/mol. The van der Waals surface area contributed by atoms with Gasteiger partial charge in [0.2, 0.25) is 0 Å². The van der Waals surface area contributed by atoms with Crippen molar-refractivity contribution in [2.45, 2.75) is 19.6 Å². The summed E-state index contributed by atoms with van der Waals surface area (Å²) in [6, 6.07) is 20.6. The highest BCUT2D eigenvalue weighted by atomic mass is 19.4. The van der Waals surface area contributed by atoms with Gasteiger partial charge in [-0.3, -0.25) is 15.1 Å². The van der Waals surface area contributed by atoms with Crippen LogP contribution in [0.15, 0.2) is 79.1 Å². The molecule has 5 heterocycles. The maximum atomic E-state index is 13.4. The fourth-order valence-electron chi connectivity index (χ4n) is 4.29. The largest absolute Gasteiger partial charge is 0.435 e. The standard InChI is InChI=1S/C27H19F3N8/c1-16-6-5-9-21(33-16)24-25(38(37-35-24)15-17-7-3-2-4-8-17)22-11-10-20-23(34-22)12-18(13-31-20)19-14-32-36-26(19)27(28,29)30/h2-14H,15H2,1H3,(H,32,36). The number of alkyl halides is 3. The number of aromatic nitrogens is 8. The number of rotatable bonds is 5. The minimum Gasteiger partial charge on any atom is -0.284 e. The molecule has 0 atom stereocenters. The average Bonchev–Trinajstić information content (AvgIpc) is 3.57. The van der Waals surface area contributed by atoms with E-state index >= 15 is 0 Å². The lowest BCUT2D eigenvalue weighted by molar-refractivity contribution is -0.140. The van der Waals surface area contributed by atoms with E-state index in [1.165, 1.54) is 12.4 Å². The van der Waals surface area contributed by atoms with E-state index in [0.29, 0.717) is 40.4 Å². The molecule has 8 nitrogen and oxygen atoms in total. The Bertz CT molecular complexity index is 1760. The Morgan fingerprint density at radius 3 is 2.53 bits per heavy atom. The molecule has 11 heteroatoms. The number of hydrogen-bond acceptors (Lipinski definition) is 6. The molecule has 1 N–H and O–H groups in total. The van der Waals surface area contributed by atoms with Crippen molar-refractivity contribution in [3.8, 4) is 33.9 Å². The fraction of sp³-hybridized carbons (Fsp3) is 0.111. The van der Waals surface area contributed by atoms with Crippen molar-refractivity contribution in [3.05, 3.63) is 96.1 Å². The van der Waals surface area contributed by atoms with Crippen LogP contribution in [0.1, 0.15) is 17.0 Å². The first kappa shape index (κ1) is 23.5. The van der Waals surface area contributed by atoms with Gasteiger partial charge in [0.05, 0.1) is 29.0 Å². The van der Waals surface area contributed by atoms with Gasteiger partial charge in [0.15, 0.2) is 5.69 Å². The van der Waals surface area contributed by atoms with Crippen molar-refractivity contribution in [1.82, 2.24) is 40.1 Å². The molecule has 0 radical (unpaired) electrons. The molecule has 0 amide bonds. The Hall–Kier alpha value is -4.93. The van der Waals surface area contributed by atoms with Crippen molar-refractivity contribution in [3.63, 3.8) is 0 Å². The van der Waals surface area contributed by atoms with Crippen LogP contribution in [0.4, 0.5) is 13.2 Å². The summed E-state index contributed by atoms with van der Waals surface area (Å²) in [6.45, 7) is 2.33. The lowest BCUT2D eigenvalue weighted by atomic mass is 10.1. The number of H-pyrrole nitrogens is 1. The van der Waals surface area contributed by atoms with Gasteiger partial charge in [0, 0.05) is 29.2 Å². The topological polar surface area (TPSA) is 98.1 Å². The van der Waals surface area contributed by atoms with Crippen LogP contribution in [0.3, 0.4) is 0 Å². The summed E-state index contributed by atoms with van der Waals surface area (Å²) < 4.78 is 42.1. The quantitative estimate of drug-likeness (QED) is 0.318. The summed E-state index contributed by atoms with van der Waals surface area (Å²) >= 11 is 0. The van der Waals surface area contributed by atoms with Gasteiger partial charge in [0.1, 0.15) is 11.4 Å². The maximum absolute atomic E-state index is 13.4. The molecule has 6 rings (SSSR count). The molecular formula is C27H19F3N8. The number of nitrogens with one attached hydrogen (secondary N) is 1. The molecule has 0 saturated carbocycles.